The average Bonchev–Trinajstić information content (AvgIpc) is 2.78. The Morgan fingerprint density at radius 2 is 2.17 bits per heavy atom. The van der Waals surface area contributed by atoms with Crippen molar-refractivity contribution in [2.75, 3.05) is 18.1 Å². The molecule has 1 aromatic heterocycles. The predicted molar refractivity (Wildman–Crippen MR) is 83.8 cm³/mol. The predicted octanol–water partition coefficient (Wildman–Crippen LogP) is 3.57. The second-order valence-electron chi connectivity index (χ2n) is 4.19. The Labute approximate surface area is 117 Å². The van der Waals surface area contributed by atoms with Crippen molar-refractivity contribution < 1.29 is 0 Å². The minimum atomic E-state index is 0.542. The summed E-state index contributed by atoms with van der Waals surface area (Å²) in [7, 11) is 0. The van der Waals surface area contributed by atoms with Gasteiger partial charge in [0.25, 0.3) is 0 Å². The van der Waals surface area contributed by atoms with Gasteiger partial charge in [0.2, 0.25) is 0 Å². The number of aromatic nitrogens is 1. The molecule has 0 spiro atoms. The van der Waals surface area contributed by atoms with Crippen LogP contribution in [0.5, 0.6) is 0 Å². The fourth-order valence-corrected chi connectivity index (χ4v) is 3.76. The molecule has 98 valence electrons. The van der Waals surface area contributed by atoms with E-state index in [4.69, 9.17) is 4.98 Å². The molecule has 18 heavy (non-hydrogen) atoms. The van der Waals surface area contributed by atoms with Gasteiger partial charge in [-0.05, 0) is 24.4 Å². The molecule has 2 aromatic rings. The van der Waals surface area contributed by atoms with Crippen LogP contribution in [0.4, 0.5) is 0 Å². The molecule has 1 heterocycles. The highest BCUT2D eigenvalue weighted by molar-refractivity contribution is 7.99. The van der Waals surface area contributed by atoms with Gasteiger partial charge in [0.15, 0.2) is 0 Å². The summed E-state index contributed by atoms with van der Waals surface area (Å²) in [5.74, 6) is 2.35. The number of rotatable bonds is 7. The van der Waals surface area contributed by atoms with Gasteiger partial charge in [-0.15, -0.1) is 11.3 Å². The third-order valence-corrected chi connectivity index (χ3v) is 4.88. The molecule has 1 unspecified atom stereocenters. The van der Waals surface area contributed by atoms with E-state index in [9.17, 15) is 0 Å². The van der Waals surface area contributed by atoms with Gasteiger partial charge >= 0.3 is 0 Å². The third kappa shape index (κ3) is 3.70. The van der Waals surface area contributed by atoms with Gasteiger partial charge in [0.05, 0.1) is 15.2 Å². The van der Waals surface area contributed by atoms with E-state index >= 15 is 0 Å². The molecule has 1 N–H and O–H groups in total. The summed E-state index contributed by atoms with van der Waals surface area (Å²) in [4.78, 5) is 4.71. The summed E-state index contributed by atoms with van der Waals surface area (Å²) in [5.41, 5.74) is 1.14. The van der Waals surface area contributed by atoms with E-state index in [1.54, 1.807) is 0 Å². The van der Waals surface area contributed by atoms with Gasteiger partial charge in [-0.2, -0.15) is 11.8 Å². The minimum Gasteiger partial charge on any atom is -0.313 e. The summed E-state index contributed by atoms with van der Waals surface area (Å²) >= 11 is 3.82. The molecule has 0 radical (unpaired) electrons. The molecule has 0 amide bonds. The van der Waals surface area contributed by atoms with E-state index in [0.717, 1.165) is 18.5 Å². The van der Waals surface area contributed by atoms with E-state index < -0.39 is 0 Å². The Morgan fingerprint density at radius 3 is 2.89 bits per heavy atom. The maximum atomic E-state index is 4.71. The first-order chi connectivity index (χ1) is 8.83. The third-order valence-electron chi connectivity index (χ3n) is 2.78. The number of thiazole rings is 1. The molecule has 0 aliphatic carbocycles. The van der Waals surface area contributed by atoms with Crippen LogP contribution in [0.2, 0.25) is 0 Å². The first-order valence-electron chi connectivity index (χ1n) is 6.49. The van der Waals surface area contributed by atoms with E-state index in [0.29, 0.717) is 6.04 Å². The molecular weight excluding hydrogens is 260 g/mol. The fourth-order valence-electron chi connectivity index (χ4n) is 1.96. The number of hydrogen-bond donors (Lipinski definition) is 1. The Hall–Kier alpha value is -0.580. The number of para-hydroxylation sites is 1. The van der Waals surface area contributed by atoms with Crippen molar-refractivity contribution in [2.24, 2.45) is 0 Å². The zero-order valence-electron chi connectivity index (χ0n) is 11.0. The number of nitrogens with one attached hydrogen (secondary N) is 1. The van der Waals surface area contributed by atoms with Crippen LogP contribution in [-0.4, -0.2) is 29.1 Å². The van der Waals surface area contributed by atoms with Crippen LogP contribution in [0, 0.1) is 0 Å². The van der Waals surface area contributed by atoms with Crippen molar-refractivity contribution in [2.45, 2.75) is 26.3 Å². The topological polar surface area (TPSA) is 24.9 Å². The van der Waals surface area contributed by atoms with E-state index in [2.05, 4.69) is 43.4 Å². The van der Waals surface area contributed by atoms with Crippen molar-refractivity contribution >= 4 is 33.3 Å². The number of thioether (sulfide) groups is 1. The van der Waals surface area contributed by atoms with Crippen molar-refractivity contribution in [3.05, 3.63) is 29.3 Å². The van der Waals surface area contributed by atoms with Crippen LogP contribution < -0.4 is 5.32 Å². The monoisotopic (exact) mass is 280 g/mol. The number of hydrogen-bond acceptors (Lipinski definition) is 4. The maximum Gasteiger partial charge on any atom is 0.0954 e. The normalized spacial score (nSPS) is 13.0. The summed E-state index contributed by atoms with van der Waals surface area (Å²) in [6.07, 6.45) is 1.04. The standard InChI is InChI=1S/C14H20N2S2/c1-3-15-11(10-17-4-2)9-14-16-12-7-5-6-8-13(12)18-14/h5-8,11,15H,3-4,9-10H2,1-2H3. The Bertz CT molecular complexity index is 448. The number of fused-ring (bicyclic) bond motifs is 1. The second-order valence-corrected chi connectivity index (χ2v) is 6.63. The SMILES string of the molecule is CCNC(CSCC)Cc1nc2ccccc2s1. The van der Waals surface area contributed by atoms with Gasteiger partial charge in [-0.3, -0.25) is 0 Å². The van der Waals surface area contributed by atoms with E-state index in [1.807, 2.05) is 23.1 Å². The van der Waals surface area contributed by atoms with Crippen molar-refractivity contribution in [1.29, 1.82) is 0 Å². The van der Waals surface area contributed by atoms with Gasteiger partial charge in [-0.1, -0.05) is 26.0 Å². The number of nitrogens with zero attached hydrogens (tertiary/aromatic N) is 1. The van der Waals surface area contributed by atoms with E-state index in [-0.39, 0.29) is 0 Å². The van der Waals surface area contributed by atoms with Crippen LogP contribution in [-0.2, 0) is 6.42 Å². The average molecular weight is 280 g/mol. The van der Waals surface area contributed by atoms with Crippen LogP contribution in [0.25, 0.3) is 10.2 Å². The molecule has 2 nitrogen and oxygen atoms in total. The van der Waals surface area contributed by atoms with Crippen LogP contribution in [0.15, 0.2) is 24.3 Å². The Morgan fingerprint density at radius 1 is 1.33 bits per heavy atom. The smallest absolute Gasteiger partial charge is 0.0954 e. The van der Waals surface area contributed by atoms with Gasteiger partial charge < -0.3 is 5.32 Å². The van der Waals surface area contributed by atoms with Crippen molar-refractivity contribution in [3.8, 4) is 0 Å². The van der Waals surface area contributed by atoms with Gasteiger partial charge in [0, 0.05) is 18.2 Å². The zero-order chi connectivity index (χ0) is 12.8. The van der Waals surface area contributed by atoms with Crippen LogP contribution >= 0.6 is 23.1 Å². The highest BCUT2D eigenvalue weighted by Crippen LogP contribution is 2.23. The van der Waals surface area contributed by atoms with E-state index in [1.165, 1.54) is 21.2 Å². The van der Waals surface area contributed by atoms with Crippen molar-refractivity contribution in [3.63, 3.8) is 0 Å². The minimum absolute atomic E-state index is 0.542. The Kier molecular flexibility index (Phi) is 5.47. The zero-order valence-corrected chi connectivity index (χ0v) is 12.6. The van der Waals surface area contributed by atoms with Crippen LogP contribution in [0.3, 0.4) is 0 Å². The molecule has 0 fully saturated rings. The maximum absolute atomic E-state index is 4.71. The lowest BCUT2D eigenvalue weighted by Gasteiger charge is -2.15. The van der Waals surface area contributed by atoms with Gasteiger partial charge in [-0.25, -0.2) is 4.98 Å². The van der Waals surface area contributed by atoms with Crippen molar-refractivity contribution in [1.82, 2.24) is 10.3 Å². The molecule has 1 atom stereocenters. The fraction of sp³-hybridized carbons (Fsp3) is 0.500. The number of benzene rings is 1. The molecule has 0 saturated carbocycles. The molecule has 0 aliphatic heterocycles. The lowest BCUT2D eigenvalue weighted by molar-refractivity contribution is 0.572. The first-order valence-corrected chi connectivity index (χ1v) is 8.46. The van der Waals surface area contributed by atoms with Crippen LogP contribution in [0.1, 0.15) is 18.9 Å². The molecule has 0 aliphatic rings. The molecular formula is C14H20N2S2. The first kappa shape index (κ1) is 13.8. The van der Waals surface area contributed by atoms with Gasteiger partial charge in [0.1, 0.15) is 0 Å². The highest BCUT2D eigenvalue weighted by Gasteiger charge is 2.11. The largest absolute Gasteiger partial charge is 0.313 e. The molecule has 0 bridgehead atoms. The summed E-state index contributed by atoms with van der Waals surface area (Å²) < 4.78 is 1.30. The summed E-state index contributed by atoms with van der Waals surface area (Å²) in [6.45, 7) is 5.41. The lowest BCUT2D eigenvalue weighted by atomic mass is 10.2. The quantitative estimate of drug-likeness (QED) is 0.839. The number of likely N-dealkylation sites (N-methyl/N-ethyl adjacent to an activating group) is 1. The second kappa shape index (κ2) is 7.12. The molecule has 1 aromatic carbocycles. The highest BCUT2D eigenvalue weighted by atomic mass is 32.2. The summed E-state index contributed by atoms with van der Waals surface area (Å²) in [5, 5.41) is 4.81. The molecule has 4 heteroatoms. The Balaban J connectivity index is 2.05. The lowest BCUT2D eigenvalue weighted by Crippen LogP contribution is -2.33. The summed E-state index contributed by atoms with van der Waals surface area (Å²) in [6, 6.07) is 8.93. The molecule has 0 saturated heterocycles. The molecule has 2 rings (SSSR count).